The molecule has 0 atom stereocenters. The summed E-state index contributed by atoms with van der Waals surface area (Å²) in [6, 6.07) is 6.16. The molecule has 0 unspecified atom stereocenters. The highest BCUT2D eigenvalue weighted by atomic mass is 19.4. The van der Waals surface area contributed by atoms with Crippen LogP contribution < -0.4 is 14.9 Å². The predicted molar refractivity (Wildman–Crippen MR) is 112 cm³/mol. The third-order valence-corrected chi connectivity index (χ3v) is 4.40. The molecule has 1 amide bonds. The Morgan fingerprint density at radius 3 is 1.91 bits per heavy atom. The van der Waals surface area contributed by atoms with Crippen LogP contribution in [-0.2, 0) is 11.0 Å². The fraction of sp³-hybridized carbons (Fsp3) is 0.273. The number of ether oxygens (including phenoxy) is 2. The predicted octanol–water partition coefficient (Wildman–Crippen LogP) is 5.56. The zero-order valence-electron chi connectivity index (χ0n) is 18.4. The highest BCUT2D eigenvalue weighted by Crippen LogP contribution is 2.42. The van der Waals surface area contributed by atoms with E-state index in [-0.39, 0.29) is 16.8 Å². The van der Waals surface area contributed by atoms with Gasteiger partial charge >= 0.3 is 12.5 Å². The first-order valence-corrected chi connectivity index (χ1v) is 9.52. The topological polar surface area (TPSA) is 71.6 Å². The van der Waals surface area contributed by atoms with Gasteiger partial charge < -0.3 is 19.4 Å². The molecular weight excluding hydrogens is 470 g/mol. The minimum absolute atomic E-state index is 0.00769. The van der Waals surface area contributed by atoms with Crippen molar-refractivity contribution in [3.63, 3.8) is 0 Å². The molecule has 1 N–H and O–H groups in total. The van der Waals surface area contributed by atoms with E-state index in [1.165, 1.54) is 17.9 Å². The summed E-state index contributed by atoms with van der Waals surface area (Å²) < 4.78 is 86.9. The van der Waals surface area contributed by atoms with Crippen molar-refractivity contribution in [1.29, 1.82) is 0 Å². The molecular formula is C22H20F6N2O4. The van der Waals surface area contributed by atoms with Gasteiger partial charge in [-0.25, -0.2) is 0 Å². The summed E-state index contributed by atoms with van der Waals surface area (Å²) in [5, 5.41) is -0.574. The minimum atomic E-state index is -4.91. The van der Waals surface area contributed by atoms with E-state index in [2.05, 4.69) is 9.72 Å². The Morgan fingerprint density at radius 2 is 1.44 bits per heavy atom. The number of halogens is 6. The van der Waals surface area contributed by atoms with Crippen molar-refractivity contribution >= 4 is 17.3 Å². The first kappa shape index (κ1) is 26.6. The van der Waals surface area contributed by atoms with Crippen molar-refractivity contribution < 1.29 is 40.6 Å². The SMILES string of the molecule is CN(C)C=O.Cc1[nH]c2ccc(Oc3ccc(OC(F)(F)F)cc3)c(C(F)(F)F)c2c(=O)c1C. The monoisotopic (exact) mass is 490 g/mol. The van der Waals surface area contributed by atoms with Crippen molar-refractivity contribution in [3.8, 4) is 17.2 Å². The summed E-state index contributed by atoms with van der Waals surface area (Å²) in [6.45, 7) is 2.97. The second kappa shape index (κ2) is 10.1. The van der Waals surface area contributed by atoms with Gasteiger partial charge in [0.25, 0.3) is 0 Å². The molecule has 1 heterocycles. The molecule has 0 aliphatic carbocycles. The Hall–Kier alpha value is -3.70. The zero-order chi connectivity index (χ0) is 25.8. The molecule has 3 aromatic rings. The smallest absolute Gasteiger partial charge is 0.457 e. The van der Waals surface area contributed by atoms with E-state index in [4.69, 9.17) is 4.74 Å². The van der Waals surface area contributed by atoms with Gasteiger partial charge in [-0.1, -0.05) is 0 Å². The van der Waals surface area contributed by atoms with Crippen molar-refractivity contribution in [1.82, 2.24) is 9.88 Å². The van der Waals surface area contributed by atoms with E-state index in [9.17, 15) is 35.9 Å². The van der Waals surface area contributed by atoms with Gasteiger partial charge in [-0.3, -0.25) is 9.59 Å². The third kappa shape index (κ3) is 6.65. The van der Waals surface area contributed by atoms with Crippen LogP contribution in [0.1, 0.15) is 16.8 Å². The number of alkyl halides is 6. The maximum absolute atomic E-state index is 13.8. The Kier molecular flexibility index (Phi) is 7.86. The number of nitrogens with zero attached hydrogens (tertiary/aromatic N) is 1. The normalized spacial score (nSPS) is 11.5. The Bertz CT molecular complexity index is 1220. The number of carbonyl (C=O) groups is 1. The number of rotatable bonds is 4. The molecule has 1 aromatic heterocycles. The number of aromatic amines is 1. The van der Waals surface area contributed by atoms with Crippen molar-refractivity contribution in [2.75, 3.05) is 14.1 Å². The van der Waals surface area contributed by atoms with Gasteiger partial charge in [-0.15, -0.1) is 13.2 Å². The summed E-state index contributed by atoms with van der Waals surface area (Å²) in [5.41, 5.74) is -1.50. The van der Waals surface area contributed by atoms with Crippen LogP contribution in [-0.4, -0.2) is 36.8 Å². The number of carbonyl (C=O) groups excluding carboxylic acids is 1. The maximum Gasteiger partial charge on any atom is 0.573 e. The average Bonchev–Trinajstić information content (AvgIpc) is 2.72. The standard InChI is InChI=1S/C19H13F6NO3.C3H7NO/c1-9-10(2)26-13-7-8-14(16(18(20,21)22)15(13)17(9)27)28-11-3-5-12(6-4-11)29-19(23,24)25;1-4(2)3-5/h3-8H,1-2H3,(H,26,27);3H,1-2H3. The van der Waals surface area contributed by atoms with E-state index in [1.807, 2.05) is 0 Å². The molecule has 0 saturated heterocycles. The molecule has 0 fully saturated rings. The van der Waals surface area contributed by atoms with Crippen LogP contribution in [0.5, 0.6) is 17.2 Å². The second-order valence-corrected chi connectivity index (χ2v) is 7.25. The lowest BCUT2D eigenvalue weighted by Crippen LogP contribution is -2.17. The highest BCUT2D eigenvalue weighted by molar-refractivity contribution is 5.86. The zero-order valence-corrected chi connectivity index (χ0v) is 18.4. The first-order chi connectivity index (χ1) is 15.6. The van der Waals surface area contributed by atoms with Crippen molar-refractivity contribution in [3.05, 3.63) is 63.4 Å². The molecule has 6 nitrogen and oxygen atoms in total. The van der Waals surface area contributed by atoms with E-state index >= 15 is 0 Å². The largest absolute Gasteiger partial charge is 0.573 e. The summed E-state index contributed by atoms with van der Waals surface area (Å²) in [4.78, 5) is 26.1. The Labute approximate surface area is 189 Å². The van der Waals surface area contributed by atoms with Crippen LogP contribution in [0.15, 0.2) is 41.2 Å². The molecule has 3 rings (SSSR count). The van der Waals surface area contributed by atoms with Crippen LogP contribution in [0.2, 0.25) is 0 Å². The highest BCUT2D eigenvalue weighted by Gasteiger charge is 2.38. The number of hydrogen-bond acceptors (Lipinski definition) is 4. The second-order valence-electron chi connectivity index (χ2n) is 7.25. The van der Waals surface area contributed by atoms with Gasteiger partial charge in [0.1, 0.15) is 22.8 Å². The lowest BCUT2D eigenvalue weighted by atomic mass is 10.0. The third-order valence-electron chi connectivity index (χ3n) is 4.40. The number of amides is 1. The molecule has 0 radical (unpaired) electrons. The van der Waals surface area contributed by atoms with Crippen LogP contribution in [0.4, 0.5) is 26.3 Å². The molecule has 12 heteroatoms. The number of aromatic nitrogens is 1. The van der Waals surface area contributed by atoms with Crippen molar-refractivity contribution in [2.45, 2.75) is 26.4 Å². The molecule has 184 valence electrons. The summed E-state index contributed by atoms with van der Waals surface area (Å²) in [7, 11) is 3.38. The van der Waals surface area contributed by atoms with Crippen LogP contribution in [0.3, 0.4) is 0 Å². The van der Waals surface area contributed by atoms with Gasteiger partial charge in [0.15, 0.2) is 5.43 Å². The van der Waals surface area contributed by atoms with Gasteiger partial charge in [0, 0.05) is 25.4 Å². The molecule has 0 aliphatic heterocycles. The molecule has 0 saturated carbocycles. The lowest BCUT2D eigenvalue weighted by Gasteiger charge is -2.17. The molecule has 0 aliphatic rings. The van der Waals surface area contributed by atoms with Gasteiger partial charge in [-0.2, -0.15) is 13.2 Å². The summed E-state index contributed by atoms with van der Waals surface area (Å²) in [5.74, 6) is -1.37. The van der Waals surface area contributed by atoms with Gasteiger partial charge in [0.05, 0.1) is 10.9 Å². The summed E-state index contributed by atoms with van der Waals surface area (Å²) >= 11 is 0. The maximum atomic E-state index is 13.8. The molecule has 0 spiro atoms. The summed E-state index contributed by atoms with van der Waals surface area (Å²) in [6.07, 6.45) is -9.07. The van der Waals surface area contributed by atoms with Crippen molar-refractivity contribution in [2.24, 2.45) is 0 Å². The number of pyridine rings is 1. The fourth-order valence-corrected chi connectivity index (χ4v) is 2.78. The first-order valence-electron chi connectivity index (χ1n) is 9.52. The molecule has 0 bridgehead atoms. The number of hydrogen-bond donors (Lipinski definition) is 1. The number of benzene rings is 2. The van der Waals surface area contributed by atoms with Crippen LogP contribution in [0, 0.1) is 13.8 Å². The van der Waals surface area contributed by atoms with E-state index in [0.717, 1.165) is 36.7 Å². The average molecular weight is 490 g/mol. The van der Waals surface area contributed by atoms with Crippen LogP contribution >= 0.6 is 0 Å². The lowest BCUT2D eigenvalue weighted by molar-refractivity contribution is -0.274. The van der Waals surface area contributed by atoms with E-state index in [1.54, 1.807) is 21.0 Å². The van der Waals surface area contributed by atoms with Crippen LogP contribution in [0.25, 0.3) is 10.9 Å². The fourth-order valence-electron chi connectivity index (χ4n) is 2.78. The minimum Gasteiger partial charge on any atom is -0.457 e. The number of H-pyrrole nitrogens is 1. The Balaban J connectivity index is 0.000000739. The molecule has 34 heavy (non-hydrogen) atoms. The van der Waals surface area contributed by atoms with E-state index < -0.39 is 40.4 Å². The quantitative estimate of drug-likeness (QED) is 0.384. The van der Waals surface area contributed by atoms with Gasteiger partial charge in [-0.05, 0) is 50.2 Å². The number of aryl methyl sites for hydroxylation is 1. The Morgan fingerprint density at radius 1 is 0.912 bits per heavy atom. The van der Waals surface area contributed by atoms with Gasteiger partial charge in [0.2, 0.25) is 6.41 Å². The number of nitrogens with one attached hydrogen (secondary N) is 1. The van der Waals surface area contributed by atoms with E-state index in [0.29, 0.717) is 5.69 Å². The molecule has 2 aromatic carbocycles. The number of fused-ring (bicyclic) bond motifs is 1.